The largest absolute Gasteiger partial charge is 0.479 e. The summed E-state index contributed by atoms with van der Waals surface area (Å²) in [6.07, 6.45) is 0.454. The number of hydrogen-bond acceptors (Lipinski definition) is 5. The highest BCUT2D eigenvalue weighted by Gasteiger charge is 2.34. The molecular weight excluding hydrogens is 380 g/mol. The van der Waals surface area contributed by atoms with E-state index in [4.69, 9.17) is 22.1 Å². The quantitative estimate of drug-likeness (QED) is 0.458. The first-order chi connectivity index (χ1) is 13.4. The van der Waals surface area contributed by atoms with Gasteiger partial charge in [0.1, 0.15) is 11.3 Å². The van der Waals surface area contributed by atoms with Crippen molar-refractivity contribution in [3.8, 4) is 5.75 Å². The Morgan fingerprint density at radius 3 is 2.39 bits per heavy atom. The van der Waals surface area contributed by atoms with Gasteiger partial charge in [-0.05, 0) is 55.0 Å². The number of ether oxygens (including phenoxy) is 1. The molecule has 7 nitrogen and oxygen atoms in total. The molecule has 1 aliphatic heterocycles. The fourth-order valence-corrected chi connectivity index (χ4v) is 2.81. The number of amides is 2. The van der Waals surface area contributed by atoms with Gasteiger partial charge in [0.15, 0.2) is 11.2 Å². The number of benzene rings is 2. The van der Waals surface area contributed by atoms with Gasteiger partial charge < -0.3 is 9.84 Å². The van der Waals surface area contributed by atoms with Crippen LogP contribution in [0.3, 0.4) is 0 Å². The summed E-state index contributed by atoms with van der Waals surface area (Å²) in [6, 6.07) is 15.2. The lowest BCUT2D eigenvalue weighted by Gasteiger charge is -2.28. The normalized spacial score (nSPS) is 16.7. The van der Waals surface area contributed by atoms with E-state index in [1.165, 1.54) is 17.9 Å². The average molecular weight is 396 g/mol. The van der Waals surface area contributed by atoms with Crippen LogP contribution < -0.4 is 15.0 Å². The summed E-state index contributed by atoms with van der Waals surface area (Å²) in [5.74, 6) is -1.82. The summed E-state index contributed by atoms with van der Waals surface area (Å²) in [4.78, 5) is 37.2. The van der Waals surface area contributed by atoms with Gasteiger partial charge in [0.05, 0.1) is 5.69 Å². The maximum absolute atomic E-state index is 12.9. The fourth-order valence-electron chi connectivity index (χ4n) is 2.53. The topological polar surface area (TPSA) is 95.9 Å². The number of carbonyl (C=O) groups is 3. The Morgan fingerprint density at radius 2 is 1.79 bits per heavy atom. The van der Waals surface area contributed by atoms with Crippen molar-refractivity contribution in [2.75, 3.05) is 4.90 Å². The van der Waals surface area contributed by atoms with E-state index in [1.807, 2.05) is 6.07 Å². The second kappa shape index (κ2) is 8.01. The zero-order chi connectivity index (χ0) is 20.3. The number of carbonyl (C=O) groups excluding carboxylic acids is 2. The molecule has 0 aromatic heterocycles. The van der Waals surface area contributed by atoms with Crippen molar-refractivity contribution in [3.05, 3.63) is 65.7 Å². The molecule has 0 aliphatic carbocycles. The Balaban J connectivity index is 1.86. The fraction of sp³-hybridized carbons (Fsp3) is 0.100. The van der Waals surface area contributed by atoms with Gasteiger partial charge in [-0.15, -0.1) is 0 Å². The zero-order valence-corrected chi connectivity index (χ0v) is 15.6. The standard InChI is InChI=1S/C20H16N2O5S/c1-12(19(25)26)27-15-9-7-13(8-10-15)11-16-17(23)21-20(28)22(18(16)24)14-5-3-2-4-6-14/h2-12H,1H3,(H,25,26)(H,21,23,28)/b16-11+/t12-/m1/s1. The third kappa shape index (κ3) is 4.07. The van der Waals surface area contributed by atoms with E-state index in [-0.39, 0.29) is 10.7 Å². The number of anilines is 1. The SMILES string of the molecule is C[C@@H](Oc1ccc(/C=C2\C(=O)NC(=S)N(c3ccccc3)C2=O)cc1)C(=O)O. The maximum atomic E-state index is 12.9. The van der Waals surface area contributed by atoms with E-state index >= 15 is 0 Å². The van der Waals surface area contributed by atoms with E-state index in [0.29, 0.717) is 17.0 Å². The monoisotopic (exact) mass is 396 g/mol. The lowest BCUT2D eigenvalue weighted by molar-refractivity contribution is -0.144. The van der Waals surface area contributed by atoms with E-state index < -0.39 is 23.9 Å². The summed E-state index contributed by atoms with van der Waals surface area (Å²) in [7, 11) is 0. The Labute approximate surface area is 166 Å². The second-order valence-electron chi connectivity index (χ2n) is 5.96. The molecule has 8 heteroatoms. The minimum Gasteiger partial charge on any atom is -0.479 e. The lowest BCUT2D eigenvalue weighted by atomic mass is 10.1. The van der Waals surface area contributed by atoms with Crippen molar-refractivity contribution >= 4 is 46.9 Å². The van der Waals surface area contributed by atoms with Crippen LogP contribution in [-0.2, 0) is 14.4 Å². The molecule has 0 saturated carbocycles. The van der Waals surface area contributed by atoms with Crippen LogP contribution >= 0.6 is 12.2 Å². The molecular formula is C20H16N2O5S. The maximum Gasteiger partial charge on any atom is 0.344 e. The summed E-state index contributed by atoms with van der Waals surface area (Å²) >= 11 is 5.14. The number of hydrogen-bond donors (Lipinski definition) is 2. The number of para-hydroxylation sites is 1. The Bertz CT molecular complexity index is 970. The van der Waals surface area contributed by atoms with E-state index in [0.717, 1.165) is 0 Å². The number of nitrogens with zero attached hydrogens (tertiary/aromatic N) is 1. The molecule has 142 valence electrons. The molecule has 2 amide bonds. The first-order valence-electron chi connectivity index (χ1n) is 8.33. The highest BCUT2D eigenvalue weighted by Crippen LogP contribution is 2.22. The van der Waals surface area contributed by atoms with Crippen LogP contribution in [0.15, 0.2) is 60.2 Å². The summed E-state index contributed by atoms with van der Waals surface area (Å²) in [5.41, 5.74) is 1.06. The molecule has 0 radical (unpaired) electrons. The molecule has 1 saturated heterocycles. The number of rotatable bonds is 5. The minimum atomic E-state index is -1.08. The number of thiocarbonyl (C=S) groups is 1. The smallest absolute Gasteiger partial charge is 0.344 e. The van der Waals surface area contributed by atoms with Gasteiger partial charge in [-0.2, -0.15) is 0 Å². The lowest BCUT2D eigenvalue weighted by Crippen LogP contribution is -2.54. The zero-order valence-electron chi connectivity index (χ0n) is 14.8. The molecule has 2 N–H and O–H groups in total. The molecule has 28 heavy (non-hydrogen) atoms. The van der Waals surface area contributed by atoms with Gasteiger partial charge in [-0.3, -0.25) is 19.8 Å². The van der Waals surface area contributed by atoms with Crippen molar-refractivity contribution in [2.45, 2.75) is 13.0 Å². The molecule has 2 aromatic rings. The van der Waals surface area contributed by atoms with Crippen molar-refractivity contribution in [3.63, 3.8) is 0 Å². The van der Waals surface area contributed by atoms with Gasteiger partial charge in [0.2, 0.25) is 0 Å². The van der Waals surface area contributed by atoms with Crippen LogP contribution in [0.5, 0.6) is 5.75 Å². The third-order valence-electron chi connectivity index (χ3n) is 3.97. The second-order valence-corrected chi connectivity index (χ2v) is 6.35. The molecule has 2 aromatic carbocycles. The highest BCUT2D eigenvalue weighted by molar-refractivity contribution is 7.80. The average Bonchev–Trinajstić information content (AvgIpc) is 2.67. The highest BCUT2D eigenvalue weighted by atomic mass is 32.1. The molecule has 0 bridgehead atoms. The molecule has 3 rings (SSSR count). The number of nitrogens with one attached hydrogen (secondary N) is 1. The van der Waals surface area contributed by atoms with E-state index in [9.17, 15) is 14.4 Å². The van der Waals surface area contributed by atoms with Crippen molar-refractivity contribution in [2.24, 2.45) is 0 Å². The predicted molar refractivity (Wildman–Crippen MR) is 107 cm³/mol. The first kappa shape index (κ1) is 19.2. The van der Waals surface area contributed by atoms with Crippen LogP contribution in [0.2, 0.25) is 0 Å². The van der Waals surface area contributed by atoms with Crippen molar-refractivity contribution in [1.29, 1.82) is 0 Å². The Hall–Kier alpha value is -3.52. The van der Waals surface area contributed by atoms with E-state index in [2.05, 4.69) is 5.32 Å². The molecule has 0 unspecified atom stereocenters. The van der Waals surface area contributed by atoms with Crippen LogP contribution in [0, 0.1) is 0 Å². The van der Waals surface area contributed by atoms with Crippen LogP contribution in [0.25, 0.3) is 6.08 Å². The third-order valence-corrected chi connectivity index (χ3v) is 4.25. The van der Waals surface area contributed by atoms with Crippen LogP contribution in [0.4, 0.5) is 5.69 Å². The van der Waals surface area contributed by atoms with E-state index in [1.54, 1.807) is 48.5 Å². The molecule has 1 atom stereocenters. The van der Waals surface area contributed by atoms with Crippen LogP contribution in [0.1, 0.15) is 12.5 Å². The minimum absolute atomic E-state index is 0.0183. The van der Waals surface area contributed by atoms with Gasteiger partial charge in [0, 0.05) is 0 Å². The van der Waals surface area contributed by atoms with Gasteiger partial charge in [0.25, 0.3) is 11.8 Å². The van der Waals surface area contributed by atoms with Crippen molar-refractivity contribution in [1.82, 2.24) is 5.32 Å². The van der Waals surface area contributed by atoms with Crippen molar-refractivity contribution < 1.29 is 24.2 Å². The summed E-state index contributed by atoms with van der Waals surface area (Å²) < 4.78 is 5.26. The summed E-state index contributed by atoms with van der Waals surface area (Å²) in [5, 5.41) is 11.4. The van der Waals surface area contributed by atoms with Crippen LogP contribution in [-0.4, -0.2) is 34.1 Å². The predicted octanol–water partition coefficient (Wildman–Crippen LogP) is 2.37. The van der Waals surface area contributed by atoms with Gasteiger partial charge in [-0.25, -0.2) is 4.79 Å². The molecule has 1 aliphatic rings. The first-order valence-corrected chi connectivity index (χ1v) is 8.73. The number of carboxylic acid groups (broad SMARTS) is 1. The molecule has 0 spiro atoms. The molecule has 1 heterocycles. The van der Waals surface area contributed by atoms with Gasteiger partial charge in [-0.1, -0.05) is 30.3 Å². The summed E-state index contributed by atoms with van der Waals surface area (Å²) in [6.45, 7) is 1.42. The number of aliphatic carboxylic acids is 1. The Kier molecular flexibility index (Phi) is 5.51. The number of carboxylic acids is 1. The van der Waals surface area contributed by atoms with Gasteiger partial charge >= 0.3 is 5.97 Å². The Morgan fingerprint density at radius 1 is 1.14 bits per heavy atom. The molecule has 1 fully saturated rings.